The van der Waals surface area contributed by atoms with Crippen LogP contribution in [0.5, 0.6) is 5.75 Å². The van der Waals surface area contributed by atoms with Crippen molar-refractivity contribution in [1.82, 2.24) is 5.32 Å². The summed E-state index contributed by atoms with van der Waals surface area (Å²) in [7, 11) is 0. The zero-order valence-corrected chi connectivity index (χ0v) is 11.2. The third kappa shape index (κ3) is 3.45. The van der Waals surface area contributed by atoms with E-state index in [-0.39, 0.29) is 24.2 Å². The van der Waals surface area contributed by atoms with Crippen molar-refractivity contribution in [2.45, 2.75) is 38.5 Å². The average Bonchev–Trinajstić information content (AvgIpc) is 3.22. The largest absolute Gasteiger partial charge is 0.481 e. The maximum Gasteiger partial charge on any atom is 0.270 e. The van der Waals surface area contributed by atoms with Crippen LogP contribution >= 0.6 is 0 Å². The van der Waals surface area contributed by atoms with Crippen LogP contribution in [0.4, 0.5) is 5.69 Å². The lowest BCUT2D eigenvalue weighted by Crippen LogP contribution is -2.37. The minimum atomic E-state index is -0.664. The molecule has 7 nitrogen and oxygen atoms in total. The second-order valence-corrected chi connectivity index (χ2v) is 4.80. The molecule has 1 aromatic rings. The number of carbonyl (C=O) groups excluding carboxylic acids is 1. The van der Waals surface area contributed by atoms with Gasteiger partial charge in [-0.15, -0.1) is 0 Å². The van der Waals surface area contributed by atoms with Crippen LogP contribution in [0.25, 0.3) is 0 Å². The number of nitrogens with one attached hydrogen (secondary N) is 1. The zero-order chi connectivity index (χ0) is 14.7. The fourth-order valence-electron chi connectivity index (χ4n) is 1.74. The molecule has 7 heteroatoms. The van der Waals surface area contributed by atoms with Gasteiger partial charge < -0.3 is 15.8 Å². The fraction of sp³-hybridized carbons (Fsp3) is 0.462. The number of nitrogens with two attached hydrogens (primary N) is 1. The lowest BCUT2D eigenvalue weighted by Gasteiger charge is -2.16. The molecule has 3 N–H and O–H groups in total. The van der Waals surface area contributed by atoms with Crippen molar-refractivity contribution in [2.75, 3.05) is 0 Å². The highest BCUT2D eigenvalue weighted by atomic mass is 16.6. The van der Waals surface area contributed by atoms with Gasteiger partial charge in [-0.3, -0.25) is 14.9 Å². The van der Waals surface area contributed by atoms with Crippen molar-refractivity contribution >= 4 is 11.6 Å². The Morgan fingerprint density at radius 1 is 1.60 bits per heavy atom. The van der Waals surface area contributed by atoms with Crippen molar-refractivity contribution in [3.63, 3.8) is 0 Å². The molecule has 0 bridgehead atoms. The van der Waals surface area contributed by atoms with Crippen LogP contribution in [0.15, 0.2) is 18.2 Å². The molecule has 1 saturated carbocycles. The molecule has 0 radical (unpaired) electrons. The van der Waals surface area contributed by atoms with Crippen LogP contribution in [0.2, 0.25) is 0 Å². The standard InChI is InChI=1S/C13H17N3O4/c1-8(13(17)15-10-2-3-10)20-12-5-4-11(16(18)19)6-9(12)7-14/h4-6,8,10H,2-3,7,14H2,1H3,(H,15,17). The first-order valence-corrected chi connectivity index (χ1v) is 6.45. The van der Waals surface area contributed by atoms with Gasteiger partial charge in [0.2, 0.25) is 0 Å². The number of amides is 1. The van der Waals surface area contributed by atoms with E-state index >= 15 is 0 Å². The predicted molar refractivity (Wildman–Crippen MR) is 72.2 cm³/mol. The Balaban J connectivity index is 2.07. The van der Waals surface area contributed by atoms with E-state index in [2.05, 4.69) is 5.32 Å². The summed E-state index contributed by atoms with van der Waals surface area (Å²) in [4.78, 5) is 22.0. The summed E-state index contributed by atoms with van der Waals surface area (Å²) in [5.41, 5.74) is 6.02. The normalized spacial score (nSPS) is 15.5. The molecule has 2 rings (SSSR count). The van der Waals surface area contributed by atoms with Crippen LogP contribution in [0.3, 0.4) is 0 Å². The number of benzene rings is 1. The first-order chi connectivity index (χ1) is 9.51. The second kappa shape index (κ2) is 5.87. The van der Waals surface area contributed by atoms with Gasteiger partial charge in [0.05, 0.1) is 4.92 Å². The highest BCUT2D eigenvalue weighted by Crippen LogP contribution is 2.25. The molecular weight excluding hydrogens is 262 g/mol. The fourth-order valence-corrected chi connectivity index (χ4v) is 1.74. The van der Waals surface area contributed by atoms with E-state index in [9.17, 15) is 14.9 Å². The summed E-state index contributed by atoms with van der Waals surface area (Å²) in [5, 5.41) is 13.5. The van der Waals surface area contributed by atoms with Crippen molar-refractivity contribution in [2.24, 2.45) is 5.73 Å². The van der Waals surface area contributed by atoms with Gasteiger partial charge in [0.25, 0.3) is 11.6 Å². The van der Waals surface area contributed by atoms with E-state index in [0.717, 1.165) is 12.8 Å². The van der Waals surface area contributed by atoms with Gasteiger partial charge in [-0.25, -0.2) is 0 Å². The highest BCUT2D eigenvalue weighted by molar-refractivity contribution is 5.81. The van der Waals surface area contributed by atoms with Crippen LogP contribution in [-0.2, 0) is 11.3 Å². The molecular formula is C13H17N3O4. The minimum absolute atomic E-state index is 0.0483. The first-order valence-electron chi connectivity index (χ1n) is 6.45. The Kier molecular flexibility index (Phi) is 4.19. The van der Waals surface area contributed by atoms with Gasteiger partial charge in [0.15, 0.2) is 6.10 Å². The number of nitro groups is 1. The van der Waals surface area contributed by atoms with Crippen LogP contribution in [0.1, 0.15) is 25.3 Å². The van der Waals surface area contributed by atoms with Crippen LogP contribution < -0.4 is 15.8 Å². The van der Waals surface area contributed by atoms with E-state index in [4.69, 9.17) is 10.5 Å². The van der Waals surface area contributed by atoms with E-state index in [0.29, 0.717) is 11.3 Å². The smallest absolute Gasteiger partial charge is 0.270 e. The number of hydrogen-bond acceptors (Lipinski definition) is 5. The molecule has 108 valence electrons. The van der Waals surface area contributed by atoms with E-state index < -0.39 is 11.0 Å². The van der Waals surface area contributed by atoms with E-state index in [1.165, 1.54) is 18.2 Å². The average molecular weight is 279 g/mol. The number of nitrogens with zero attached hydrogens (tertiary/aromatic N) is 1. The Bertz CT molecular complexity index is 528. The van der Waals surface area contributed by atoms with Crippen molar-refractivity contribution in [3.05, 3.63) is 33.9 Å². The monoisotopic (exact) mass is 279 g/mol. The molecule has 0 aliphatic heterocycles. The Hall–Kier alpha value is -2.15. The summed E-state index contributed by atoms with van der Waals surface area (Å²) in [5.74, 6) is 0.213. The third-order valence-corrected chi connectivity index (χ3v) is 3.07. The number of carbonyl (C=O) groups is 1. The molecule has 0 saturated heterocycles. The summed E-state index contributed by atoms with van der Waals surface area (Å²) in [6, 6.07) is 4.43. The van der Waals surface area contributed by atoms with Crippen molar-refractivity contribution in [3.8, 4) is 5.75 Å². The Morgan fingerprint density at radius 2 is 2.30 bits per heavy atom. The number of nitro benzene ring substituents is 1. The third-order valence-electron chi connectivity index (χ3n) is 3.07. The van der Waals surface area contributed by atoms with Gasteiger partial charge in [0.1, 0.15) is 5.75 Å². The maximum absolute atomic E-state index is 11.8. The van der Waals surface area contributed by atoms with Crippen LogP contribution in [0, 0.1) is 10.1 Å². The van der Waals surface area contributed by atoms with Gasteiger partial charge in [-0.05, 0) is 25.8 Å². The highest BCUT2D eigenvalue weighted by Gasteiger charge is 2.26. The van der Waals surface area contributed by atoms with Gasteiger partial charge in [-0.1, -0.05) is 0 Å². The summed E-state index contributed by atoms with van der Waals surface area (Å²) >= 11 is 0. The molecule has 1 fully saturated rings. The number of ether oxygens (including phenoxy) is 1. The minimum Gasteiger partial charge on any atom is -0.481 e. The molecule has 1 unspecified atom stereocenters. The Labute approximate surface area is 116 Å². The molecule has 20 heavy (non-hydrogen) atoms. The first kappa shape index (κ1) is 14.3. The molecule has 0 aromatic heterocycles. The van der Waals surface area contributed by atoms with Crippen molar-refractivity contribution < 1.29 is 14.5 Å². The van der Waals surface area contributed by atoms with E-state index in [1.54, 1.807) is 6.92 Å². The molecule has 1 aromatic carbocycles. The predicted octanol–water partition coefficient (Wildman–Crippen LogP) is 1.10. The molecule has 1 amide bonds. The molecule has 1 aliphatic rings. The van der Waals surface area contributed by atoms with Gasteiger partial charge in [0, 0.05) is 30.3 Å². The lowest BCUT2D eigenvalue weighted by atomic mass is 10.1. The zero-order valence-electron chi connectivity index (χ0n) is 11.2. The number of non-ortho nitro benzene ring substituents is 1. The van der Waals surface area contributed by atoms with Gasteiger partial charge in [-0.2, -0.15) is 0 Å². The SMILES string of the molecule is CC(Oc1ccc([N+](=O)[O-])cc1CN)C(=O)NC1CC1. The molecule has 0 spiro atoms. The quantitative estimate of drug-likeness (QED) is 0.599. The van der Waals surface area contributed by atoms with Crippen LogP contribution in [-0.4, -0.2) is 23.0 Å². The summed E-state index contributed by atoms with van der Waals surface area (Å²) < 4.78 is 5.55. The topological polar surface area (TPSA) is 107 Å². The molecule has 0 heterocycles. The second-order valence-electron chi connectivity index (χ2n) is 4.80. The summed E-state index contributed by atoms with van der Waals surface area (Å²) in [6.45, 7) is 1.74. The van der Waals surface area contributed by atoms with Gasteiger partial charge >= 0.3 is 0 Å². The van der Waals surface area contributed by atoms with Crippen molar-refractivity contribution in [1.29, 1.82) is 0 Å². The molecule has 1 aliphatic carbocycles. The number of hydrogen-bond donors (Lipinski definition) is 2. The Morgan fingerprint density at radius 3 is 2.85 bits per heavy atom. The number of rotatable bonds is 6. The summed E-state index contributed by atoms with van der Waals surface area (Å²) in [6.07, 6.45) is 1.34. The van der Waals surface area contributed by atoms with E-state index in [1.807, 2.05) is 0 Å². The lowest BCUT2D eigenvalue weighted by molar-refractivity contribution is -0.384. The molecule has 1 atom stereocenters. The maximum atomic E-state index is 11.8.